The highest BCUT2D eigenvalue weighted by molar-refractivity contribution is 7.89. The van der Waals surface area contributed by atoms with Gasteiger partial charge in [-0.25, -0.2) is 17.7 Å². The van der Waals surface area contributed by atoms with Crippen LogP contribution in [-0.2, 0) is 33.1 Å². The van der Waals surface area contributed by atoms with Crippen molar-refractivity contribution in [2.24, 2.45) is 13.0 Å². The molecular weight excluding hydrogens is 430 g/mol. The molecule has 4 rings (SSSR count). The number of likely N-dealkylation sites (tertiary alicyclic amines) is 1. The van der Waals surface area contributed by atoms with E-state index in [-0.39, 0.29) is 22.6 Å². The molecule has 0 bridgehead atoms. The highest BCUT2D eigenvalue weighted by atomic mass is 32.2. The summed E-state index contributed by atoms with van der Waals surface area (Å²) in [6, 6.07) is 5.23. The maximum atomic E-state index is 12.8. The van der Waals surface area contributed by atoms with E-state index in [2.05, 4.69) is 10.3 Å². The van der Waals surface area contributed by atoms with Gasteiger partial charge in [-0.3, -0.25) is 9.59 Å². The molecule has 1 aromatic carbocycles. The molecule has 0 radical (unpaired) electrons. The third-order valence-electron chi connectivity index (χ3n) is 6.35. The third-order valence-corrected chi connectivity index (χ3v) is 8.17. The van der Waals surface area contributed by atoms with E-state index >= 15 is 0 Å². The second kappa shape index (κ2) is 8.82. The smallest absolute Gasteiger partial charge is 0.242 e. The van der Waals surface area contributed by atoms with Gasteiger partial charge >= 0.3 is 0 Å². The van der Waals surface area contributed by atoms with Gasteiger partial charge in [-0.05, 0) is 43.9 Å². The molecule has 1 saturated carbocycles. The Balaban J connectivity index is 1.41. The van der Waals surface area contributed by atoms with Gasteiger partial charge in [-0.1, -0.05) is 0 Å². The van der Waals surface area contributed by atoms with Gasteiger partial charge in [0.25, 0.3) is 0 Å². The zero-order valence-corrected chi connectivity index (χ0v) is 19.7. The van der Waals surface area contributed by atoms with Crippen molar-refractivity contribution in [2.45, 2.75) is 49.5 Å². The fourth-order valence-electron chi connectivity index (χ4n) is 4.17. The number of aromatic nitrogens is 2. The molecule has 2 fully saturated rings. The lowest BCUT2D eigenvalue weighted by molar-refractivity contribution is -0.135. The summed E-state index contributed by atoms with van der Waals surface area (Å²) in [7, 11) is 1.32. The molecule has 9 nitrogen and oxygen atoms in total. The summed E-state index contributed by atoms with van der Waals surface area (Å²) >= 11 is 0. The molecule has 10 heteroatoms. The van der Waals surface area contributed by atoms with E-state index in [0.29, 0.717) is 37.5 Å². The first-order valence-electron chi connectivity index (χ1n) is 11.1. The van der Waals surface area contributed by atoms with Crippen molar-refractivity contribution in [3.05, 3.63) is 24.0 Å². The molecule has 2 aliphatic rings. The molecule has 1 aliphatic carbocycles. The number of benzene rings is 1. The minimum Gasteiger partial charge on any atom is -0.353 e. The standard InChI is InChI=1S/C22H31N5O4S/c1-25(2)32(30,31)17-8-9-19-18(13-17)24-20(26(19)3)10-11-21(28)27-12-4-5-15(14-27)22(29)23-16-6-7-16/h8-9,13,15-16H,4-7,10-12,14H2,1-3H3,(H,23,29). The number of nitrogens with one attached hydrogen (secondary N) is 1. The summed E-state index contributed by atoms with van der Waals surface area (Å²) in [6.45, 7) is 1.16. The van der Waals surface area contributed by atoms with Crippen LogP contribution in [0.5, 0.6) is 0 Å². The van der Waals surface area contributed by atoms with E-state index in [0.717, 1.165) is 37.0 Å². The topological polar surface area (TPSA) is 105 Å². The lowest BCUT2D eigenvalue weighted by Crippen LogP contribution is -2.46. The van der Waals surface area contributed by atoms with E-state index < -0.39 is 10.0 Å². The summed E-state index contributed by atoms with van der Waals surface area (Å²) in [4.78, 5) is 31.8. The van der Waals surface area contributed by atoms with E-state index in [1.54, 1.807) is 23.1 Å². The first-order chi connectivity index (χ1) is 15.2. The lowest BCUT2D eigenvalue weighted by atomic mass is 9.96. The summed E-state index contributed by atoms with van der Waals surface area (Å²) in [6.07, 6.45) is 4.53. The molecule has 1 unspecified atom stereocenters. The number of rotatable bonds is 7. The Bertz CT molecular complexity index is 1140. The summed E-state index contributed by atoms with van der Waals surface area (Å²) in [5.74, 6) is 0.703. The van der Waals surface area contributed by atoms with Gasteiger partial charge in [-0.2, -0.15) is 0 Å². The Morgan fingerprint density at radius 1 is 1.22 bits per heavy atom. The Morgan fingerprint density at radius 3 is 2.66 bits per heavy atom. The van der Waals surface area contributed by atoms with Crippen LogP contribution in [0.1, 0.15) is 37.9 Å². The van der Waals surface area contributed by atoms with Crippen molar-refractivity contribution >= 4 is 32.9 Å². The fraction of sp³-hybridized carbons (Fsp3) is 0.591. The predicted molar refractivity (Wildman–Crippen MR) is 120 cm³/mol. The zero-order chi connectivity index (χ0) is 23.0. The molecule has 2 amide bonds. The molecule has 1 aliphatic heterocycles. The number of amides is 2. The number of nitrogens with zero attached hydrogens (tertiary/aromatic N) is 4. The molecule has 1 N–H and O–H groups in total. The molecular formula is C22H31N5O4S. The van der Waals surface area contributed by atoms with Gasteiger partial charge in [-0.15, -0.1) is 0 Å². The first kappa shape index (κ1) is 22.7. The van der Waals surface area contributed by atoms with Crippen LogP contribution >= 0.6 is 0 Å². The van der Waals surface area contributed by atoms with E-state index in [1.165, 1.54) is 18.4 Å². The minimum atomic E-state index is -3.54. The van der Waals surface area contributed by atoms with Gasteiger partial charge in [0.1, 0.15) is 5.82 Å². The normalized spacial score (nSPS) is 19.5. The number of piperidine rings is 1. The summed E-state index contributed by atoms with van der Waals surface area (Å²) in [5.41, 5.74) is 1.41. The monoisotopic (exact) mass is 461 g/mol. The van der Waals surface area contributed by atoms with Crippen LogP contribution < -0.4 is 5.32 Å². The Hall–Kier alpha value is -2.46. The molecule has 174 valence electrons. The number of carbonyl (C=O) groups is 2. The van der Waals surface area contributed by atoms with E-state index in [9.17, 15) is 18.0 Å². The second-order valence-electron chi connectivity index (χ2n) is 8.99. The highest BCUT2D eigenvalue weighted by Gasteiger charge is 2.32. The molecule has 1 atom stereocenters. The summed E-state index contributed by atoms with van der Waals surface area (Å²) < 4.78 is 27.9. The number of hydrogen-bond donors (Lipinski definition) is 1. The number of sulfonamides is 1. The van der Waals surface area contributed by atoms with Crippen molar-refractivity contribution in [3.8, 4) is 0 Å². The molecule has 0 spiro atoms. The molecule has 2 aromatic rings. The third kappa shape index (κ3) is 4.66. The Labute approximate surface area is 188 Å². The van der Waals surface area contributed by atoms with Gasteiger partial charge in [0.2, 0.25) is 21.8 Å². The average molecular weight is 462 g/mol. The number of carbonyl (C=O) groups excluding carboxylic acids is 2. The lowest BCUT2D eigenvalue weighted by Gasteiger charge is -2.32. The van der Waals surface area contributed by atoms with Crippen LogP contribution in [0.2, 0.25) is 0 Å². The van der Waals surface area contributed by atoms with Crippen molar-refractivity contribution in [2.75, 3.05) is 27.2 Å². The van der Waals surface area contributed by atoms with Crippen LogP contribution in [0.15, 0.2) is 23.1 Å². The van der Waals surface area contributed by atoms with Gasteiger partial charge in [0.05, 0.1) is 21.8 Å². The predicted octanol–water partition coefficient (Wildman–Crippen LogP) is 1.27. The maximum Gasteiger partial charge on any atom is 0.242 e. The second-order valence-corrected chi connectivity index (χ2v) is 11.1. The van der Waals surface area contributed by atoms with E-state index in [1.807, 2.05) is 11.6 Å². The maximum absolute atomic E-state index is 12.8. The SMILES string of the molecule is CN(C)S(=O)(=O)c1ccc2c(c1)nc(CCC(=O)N1CCCC(C(=O)NC3CC3)C1)n2C. The van der Waals surface area contributed by atoms with Crippen LogP contribution in [-0.4, -0.2) is 72.2 Å². The van der Waals surface area contributed by atoms with Crippen LogP contribution in [0.4, 0.5) is 0 Å². The largest absolute Gasteiger partial charge is 0.353 e. The first-order valence-corrected chi connectivity index (χ1v) is 12.6. The number of fused-ring (bicyclic) bond motifs is 1. The van der Waals surface area contributed by atoms with E-state index in [4.69, 9.17) is 0 Å². The van der Waals surface area contributed by atoms with Crippen LogP contribution in [0.25, 0.3) is 11.0 Å². The Kier molecular flexibility index (Phi) is 6.26. The minimum absolute atomic E-state index is 0.0249. The quantitative estimate of drug-likeness (QED) is 0.669. The fourth-order valence-corrected chi connectivity index (χ4v) is 5.09. The number of aryl methyl sites for hydroxylation is 2. The van der Waals surface area contributed by atoms with Crippen molar-refractivity contribution in [1.82, 2.24) is 24.1 Å². The average Bonchev–Trinajstić information content (AvgIpc) is 3.53. The van der Waals surface area contributed by atoms with Gasteiger partial charge in [0.15, 0.2) is 0 Å². The molecule has 1 aromatic heterocycles. The van der Waals surface area contributed by atoms with Gasteiger partial charge in [0, 0.05) is 53.1 Å². The zero-order valence-electron chi connectivity index (χ0n) is 18.9. The number of imidazole rings is 1. The van der Waals surface area contributed by atoms with Crippen molar-refractivity contribution < 1.29 is 18.0 Å². The van der Waals surface area contributed by atoms with Crippen LogP contribution in [0, 0.1) is 5.92 Å². The molecule has 32 heavy (non-hydrogen) atoms. The number of hydrogen-bond acceptors (Lipinski definition) is 5. The Morgan fingerprint density at radius 2 is 1.97 bits per heavy atom. The van der Waals surface area contributed by atoms with Crippen molar-refractivity contribution in [3.63, 3.8) is 0 Å². The van der Waals surface area contributed by atoms with Crippen LogP contribution in [0.3, 0.4) is 0 Å². The molecule has 2 heterocycles. The van der Waals surface area contributed by atoms with Gasteiger partial charge < -0.3 is 14.8 Å². The van der Waals surface area contributed by atoms with Crippen molar-refractivity contribution in [1.29, 1.82) is 0 Å². The summed E-state index contributed by atoms with van der Waals surface area (Å²) in [5, 5.41) is 3.05. The highest BCUT2D eigenvalue weighted by Crippen LogP contribution is 2.24. The molecule has 1 saturated heterocycles.